The van der Waals surface area contributed by atoms with Crippen molar-refractivity contribution in [1.82, 2.24) is 0 Å². The Morgan fingerprint density at radius 1 is 1.57 bits per heavy atom. The average Bonchev–Trinajstić information content (AvgIpc) is 2.20. The highest BCUT2D eigenvalue weighted by Gasteiger charge is 2.14. The molecule has 1 aliphatic rings. The third-order valence-electron chi connectivity index (χ3n) is 2.44. The summed E-state index contributed by atoms with van der Waals surface area (Å²) in [6.07, 6.45) is 1.40. The minimum absolute atomic E-state index is 0.473. The zero-order valence-electron chi connectivity index (χ0n) is 8.19. The molecule has 74 valence electrons. The molecule has 3 heteroatoms. The van der Waals surface area contributed by atoms with E-state index in [0.29, 0.717) is 6.42 Å². The Balaban J connectivity index is 2.35. The lowest BCUT2D eigenvalue weighted by Crippen LogP contribution is -2.28. The van der Waals surface area contributed by atoms with Crippen LogP contribution in [0.3, 0.4) is 0 Å². The number of anilines is 1. The van der Waals surface area contributed by atoms with Crippen molar-refractivity contribution in [3.05, 3.63) is 23.8 Å². The first-order chi connectivity index (χ1) is 6.81. The molecule has 0 aliphatic carbocycles. The summed E-state index contributed by atoms with van der Waals surface area (Å²) in [7, 11) is 2.03. The number of aldehydes is 1. The summed E-state index contributed by atoms with van der Waals surface area (Å²) >= 11 is 0. The van der Waals surface area contributed by atoms with Gasteiger partial charge in [-0.1, -0.05) is 6.07 Å². The molecule has 0 amide bonds. The fourth-order valence-electron chi connectivity index (χ4n) is 1.62. The summed E-state index contributed by atoms with van der Waals surface area (Å²) < 4.78 is 5.50. The molecule has 0 spiro atoms. The van der Waals surface area contributed by atoms with Gasteiger partial charge in [0.2, 0.25) is 0 Å². The van der Waals surface area contributed by atoms with E-state index in [1.807, 2.05) is 25.2 Å². The van der Waals surface area contributed by atoms with Crippen molar-refractivity contribution < 1.29 is 9.53 Å². The highest BCUT2D eigenvalue weighted by Crippen LogP contribution is 2.31. The number of fused-ring (bicyclic) bond motifs is 1. The molecule has 0 bridgehead atoms. The summed E-state index contributed by atoms with van der Waals surface area (Å²) in [4.78, 5) is 12.5. The highest BCUT2D eigenvalue weighted by atomic mass is 16.5. The zero-order chi connectivity index (χ0) is 9.97. The van der Waals surface area contributed by atoms with E-state index in [2.05, 4.69) is 4.90 Å². The summed E-state index contributed by atoms with van der Waals surface area (Å²) in [5.74, 6) is 0.911. The second kappa shape index (κ2) is 3.70. The maximum absolute atomic E-state index is 10.4. The molecule has 0 aromatic heterocycles. The van der Waals surface area contributed by atoms with E-state index in [4.69, 9.17) is 4.74 Å². The van der Waals surface area contributed by atoms with Crippen LogP contribution in [0.15, 0.2) is 18.2 Å². The first-order valence-electron chi connectivity index (χ1n) is 4.72. The van der Waals surface area contributed by atoms with Gasteiger partial charge < -0.3 is 14.4 Å². The van der Waals surface area contributed by atoms with Gasteiger partial charge in [0.1, 0.15) is 18.6 Å². The largest absolute Gasteiger partial charge is 0.490 e. The van der Waals surface area contributed by atoms with Crippen molar-refractivity contribution in [1.29, 1.82) is 0 Å². The lowest BCUT2D eigenvalue weighted by atomic mass is 10.1. The smallest absolute Gasteiger partial charge is 0.142 e. The molecular weight excluding hydrogens is 178 g/mol. The molecule has 1 aromatic rings. The van der Waals surface area contributed by atoms with Gasteiger partial charge >= 0.3 is 0 Å². The van der Waals surface area contributed by atoms with Crippen LogP contribution in [0.4, 0.5) is 5.69 Å². The van der Waals surface area contributed by atoms with Gasteiger partial charge in [-0.15, -0.1) is 0 Å². The topological polar surface area (TPSA) is 29.5 Å². The Kier molecular flexibility index (Phi) is 2.39. The van der Waals surface area contributed by atoms with E-state index in [9.17, 15) is 4.79 Å². The van der Waals surface area contributed by atoms with Gasteiger partial charge in [0.15, 0.2) is 0 Å². The lowest BCUT2D eigenvalue weighted by Gasteiger charge is -2.27. The van der Waals surface area contributed by atoms with Gasteiger partial charge in [0.05, 0.1) is 12.2 Å². The molecule has 0 unspecified atom stereocenters. The maximum atomic E-state index is 10.4. The second-order valence-corrected chi connectivity index (χ2v) is 3.44. The van der Waals surface area contributed by atoms with E-state index in [1.54, 1.807) is 0 Å². The van der Waals surface area contributed by atoms with E-state index < -0.39 is 0 Å². The van der Waals surface area contributed by atoms with Crippen LogP contribution in [-0.4, -0.2) is 26.5 Å². The van der Waals surface area contributed by atoms with Crippen molar-refractivity contribution in [2.24, 2.45) is 0 Å². The van der Waals surface area contributed by atoms with Gasteiger partial charge in [-0.2, -0.15) is 0 Å². The number of hydrogen-bond donors (Lipinski definition) is 0. The predicted octanol–water partition coefficient (Wildman–Crippen LogP) is 1.26. The number of carbonyl (C=O) groups is 1. The van der Waals surface area contributed by atoms with Crippen LogP contribution < -0.4 is 9.64 Å². The SMILES string of the molecule is CN1CCOc2ccc(CC=O)cc21. The van der Waals surface area contributed by atoms with Crippen LogP contribution in [0, 0.1) is 0 Å². The highest BCUT2D eigenvalue weighted by molar-refractivity contribution is 5.64. The normalized spacial score (nSPS) is 14.5. The van der Waals surface area contributed by atoms with Crippen molar-refractivity contribution in [2.75, 3.05) is 25.1 Å². The van der Waals surface area contributed by atoms with Crippen molar-refractivity contribution >= 4 is 12.0 Å². The first kappa shape index (κ1) is 9.06. The van der Waals surface area contributed by atoms with E-state index in [-0.39, 0.29) is 0 Å². The zero-order valence-corrected chi connectivity index (χ0v) is 8.19. The van der Waals surface area contributed by atoms with Gasteiger partial charge in [0, 0.05) is 13.5 Å². The molecule has 0 radical (unpaired) electrons. The van der Waals surface area contributed by atoms with Crippen LogP contribution in [0.1, 0.15) is 5.56 Å². The number of ether oxygens (including phenoxy) is 1. The lowest BCUT2D eigenvalue weighted by molar-refractivity contribution is -0.107. The van der Waals surface area contributed by atoms with E-state index >= 15 is 0 Å². The molecule has 1 aliphatic heterocycles. The monoisotopic (exact) mass is 191 g/mol. The molecule has 0 atom stereocenters. The third kappa shape index (κ3) is 1.58. The van der Waals surface area contributed by atoms with Gasteiger partial charge in [0.25, 0.3) is 0 Å². The molecule has 0 N–H and O–H groups in total. The number of rotatable bonds is 2. The van der Waals surface area contributed by atoms with Crippen LogP contribution in [0.25, 0.3) is 0 Å². The van der Waals surface area contributed by atoms with Gasteiger partial charge in [-0.3, -0.25) is 0 Å². The van der Waals surface area contributed by atoms with Crippen molar-refractivity contribution in [2.45, 2.75) is 6.42 Å². The quantitative estimate of drug-likeness (QED) is 0.659. The van der Waals surface area contributed by atoms with Crippen LogP contribution in [0.2, 0.25) is 0 Å². The van der Waals surface area contributed by atoms with E-state index in [0.717, 1.165) is 36.4 Å². The van der Waals surface area contributed by atoms with Crippen LogP contribution in [-0.2, 0) is 11.2 Å². The molecule has 1 aromatic carbocycles. The Bertz CT molecular complexity index is 349. The predicted molar refractivity (Wildman–Crippen MR) is 55.0 cm³/mol. The van der Waals surface area contributed by atoms with Crippen LogP contribution >= 0.6 is 0 Å². The van der Waals surface area contributed by atoms with Gasteiger partial charge in [-0.05, 0) is 17.7 Å². The maximum Gasteiger partial charge on any atom is 0.142 e. The molecule has 0 saturated carbocycles. The van der Waals surface area contributed by atoms with Gasteiger partial charge in [-0.25, -0.2) is 0 Å². The number of carbonyl (C=O) groups excluding carboxylic acids is 1. The minimum Gasteiger partial charge on any atom is -0.490 e. The fourth-order valence-corrected chi connectivity index (χ4v) is 1.62. The molecule has 0 saturated heterocycles. The molecule has 14 heavy (non-hydrogen) atoms. The second-order valence-electron chi connectivity index (χ2n) is 3.44. The number of benzene rings is 1. The Hall–Kier alpha value is -1.51. The third-order valence-corrected chi connectivity index (χ3v) is 2.44. The summed E-state index contributed by atoms with van der Waals surface area (Å²) in [5.41, 5.74) is 2.12. The molecule has 1 heterocycles. The molecule has 0 fully saturated rings. The standard InChI is InChI=1S/C11H13NO2/c1-12-5-7-14-11-3-2-9(4-6-13)8-10(11)12/h2-3,6,8H,4-5,7H2,1H3. The number of hydrogen-bond acceptors (Lipinski definition) is 3. The summed E-state index contributed by atoms with van der Waals surface area (Å²) in [5, 5.41) is 0. The number of nitrogens with zero attached hydrogens (tertiary/aromatic N) is 1. The fraction of sp³-hybridized carbons (Fsp3) is 0.364. The van der Waals surface area contributed by atoms with Crippen molar-refractivity contribution in [3.63, 3.8) is 0 Å². The first-order valence-corrected chi connectivity index (χ1v) is 4.72. The Morgan fingerprint density at radius 2 is 2.43 bits per heavy atom. The average molecular weight is 191 g/mol. The summed E-state index contributed by atoms with van der Waals surface area (Å²) in [6, 6.07) is 5.89. The molecule has 2 rings (SSSR count). The molecular formula is C11H13NO2. The van der Waals surface area contributed by atoms with Crippen LogP contribution in [0.5, 0.6) is 5.75 Å². The Labute approximate surface area is 83.3 Å². The Morgan fingerprint density at radius 3 is 3.21 bits per heavy atom. The molecule has 3 nitrogen and oxygen atoms in total. The summed E-state index contributed by atoms with van der Waals surface area (Å²) in [6.45, 7) is 1.63. The van der Waals surface area contributed by atoms with E-state index in [1.165, 1.54) is 0 Å². The number of likely N-dealkylation sites (N-methyl/N-ethyl adjacent to an activating group) is 1. The minimum atomic E-state index is 0.473. The van der Waals surface area contributed by atoms with Crippen molar-refractivity contribution in [3.8, 4) is 5.75 Å².